The molecule has 9 heavy (non-hydrogen) atoms. The molecule has 0 aromatic carbocycles. The third-order valence-corrected chi connectivity index (χ3v) is 1.90. The number of hydrogen-bond donors (Lipinski definition) is 0. The van der Waals surface area contributed by atoms with Crippen molar-refractivity contribution in [3.8, 4) is 0 Å². The molecule has 0 aromatic heterocycles. The van der Waals surface area contributed by atoms with Gasteiger partial charge in [-0.3, -0.25) is 4.99 Å². The van der Waals surface area contributed by atoms with E-state index in [-0.39, 0.29) is 12.2 Å². The summed E-state index contributed by atoms with van der Waals surface area (Å²) >= 11 is 0. The summed E-state index contributed by atoms with van der Waals surface area (Å²) in [6.45, 7) is 0.697. The molecule has 0 fully saturated rings. The zero-order valence-corrected chi connectivity index (χ0v) is 7.17. The van der Waals surface area contributed by atoms with E-state index >= 15 is 0 Å². The molecule has 4 atom stereocenters. The van der Waals surface area contributed by atoms with Gasteiger partial charge in [0.15, 0.2) is 0 Å². The number of rotatable bonds is 2. The third-order valence-electron chi connectivity index (χ3n) is 1.24. The fourth-order valence-electron chi connectivity index (χ4n) is 0.712. The molecule has 1 heterocycles. The van der Waals surface area contributed by atoms with Crippen LogP contribution in [0.4, 0.5) is 0 Å². The summed E-state index contributed by atoms with van der Waals surface area (Å²) in [6.07, 6.45) is 1.84. The Morgan fingerprint density at radius 1 is 1.44 bits per heavy atom. The second-order valence-electron chi connectivity index (χ2n) is 1.79. The molecule has 0 spiro atoms. The first-order valence-electron chi connectivity index (χ1n) is 2.59. The van der Waals surface area contributed by atoms with Crippen LogP contribution in [0.3, 0.4) is 0 Å². The van der Waals surface area contributed by atoms with Gasteiger partial charge in [0, 0.05) is 25.1 Å². The van der Waals surface area contributed by atoms with E-state index in [1.54, 1.807) is 6.21 Å². The highest BCUT2D eigenvalue weighted by atomic mass is 31.0. The molecule has 1 aliphatic rings. The van der Waals surface area contributed by atoms with E-state index in [9.17, 15) is 0 Å². The largest absolute Gasteiger partial charge is 0.357 e. The number of aliphatic imine (C=N–C) groups is 1. The monoisotopic (exact) mass is 165 g/mol. The first kappa shape index (κ1) is 7.56. The molecular weight excluding hydrogens is 156 g/mol. The summed E-state index contributed by atoms with van der Waals surface area (Å²) in [6, 6.07) is 0. The average molecular weight is 165 g/mol. The lowest BCUT2D eigenvalue weighted by Gasteiger charge is -2.12. The van der Waals surface area contributed by atoms with Crippen molar-refractivity contribution in [1.82, 2.24) is 0 Å². The second kappa shape index (κ2) is 3.58. The van der Waals surface area contributed by atoms with Crippen LogP contribution in [0.25, 0.3) is 0 Å². The molecule has 0 aliphatic carbocycles. The van der Waals surface area contributed by atoms with Crippen LogP contribution in [0.2, 0.25) is 0 Å². The van der Waals surface area contributed by atoms with Gasteiger partial charge < -0.3 is 9.05 Å². The average Bonchev–Trinajstić information content (AvgIpc) is 2.33. The van der Waals surface area contributed by atoms with Crippen LogP contribution in [0.15, 0.2) is 4.99 Å². The summed E-state index contributed by atoms with van der Waals surface area (Å²) in [5, 5.41) is 0. The smallest absolute Gasteiger partial charge is 0.124 e. The lowest BCUT2D eigenvalue weighted by Crippen LogP contribution is -2.25. The van der Waals surface area contributed by atoms with Crippen LogP contribution < -0.4 is 0 Å². The van der Waals surface area contributed by atoms with Crippen molar-refractivity contribution < 1.29 is 9.05 Å². The summed E-state index contributed by atoms with van der Waals surface area (Å²) < 4.78 is 9.91. The molecule has 0 amide bonds. The molecule has 1 aliphatic heterocycles. The fraction of sp³-hybridized carbons (Fsp3) is 0.750. The highest BCUT2D eigenvalue weighted by Crippen LogP contribution is 2.13. The van der Waals surface area contributed by atoms with E-state index < -0.39 is 0 Å². The quantitative estimate of drug-likeness (QED) is 0.555. The van der Waals surface area contributed by atoms with E-state index in [1.165, 1.54) is 0 Å². The minimum atomic E-state index is 0.00694. The summed E-state index contributed by atoms with van der Waals surface area (Å²) in [5.74, 6) is 0. The first-order chi connectivity index (χ1) is 4.38. The zero-order chi connectivity index (χ0) is 6.69. The van der Waals surface area contributed by atoms with Gasteiger partial charge in [0.2, 0.25) is 0 Å². The Labute approximate surface area is 58.8 Å². The Bertz CT molecular complexity index is 119. The fourth-order valence-corrected chi connectivity index (χ4v) is 1.20. The maximum absolute atomic E-state index is 4.97. The van der Waals surface area contributed by atoms with Crippen molar-refractivity contribution in [3.63, 3.8) is 0 Å². The standard InChI is InChI=1S/C4H9NO2P2/c8-6-3-1-5-2-4(3)7-9/h1,3-4H,2,8-9H2. The van der Waals surface area contributed by atoms with E-state index in [1.807, 2.05) is 0 Å². The van der Waals surface area contributed by atoms with Gasteiger partial charge in [0.25, 0.3) is 0 Å². The van der Waals surface area contributed by atoms with Gasteiger partial charge in [-0.05, 0) is 0 Å². The van der Waals surface area contributed by atoms with E-state index in [0.29, 0.717) is 6.54 Å². The Balaban J connectivity index is 2.39. The van der Waals surface area contributed by atoms with Gasteiger partial charge in [0.1, 0.15) is 12.2 Å². The highest BCUT2D eigenvalue weighted by Gasteiger charge is 2.22. The number of hydrogen-bond acceptors (Lipinski definition) is 3. The van der Waals surface area contributed by atoms with Crippen LogP contribution in [0.1, 0.15) is 0 Å². The maximum atomic E-state index is 4.97. The second-order valence-corrected chi connectivity index (χ2v) is 2.33. The van der Waals surface area contributed by atoms with Crippen LogP contribution in [0.5, 0.6) is 0 Å². The van der Waals surface area contributed by atoms with Gasteiger partial charge in [-0.1, -0.05) is 0 Å². The minimum absolute atomic E-state index is 0.00694. The SMILES string of the molecule is POC1C=NCC1OP. The molecule has 52 valence electrons. The molecule has 0 N–H and O–H groups in total. The van der Waals surface area contributed by atoms with Gasteiger partial charge >= 0.3 is 0 Å². The molecule has 0 saturated heterocycles. The third kappa shape index (κ3) is 1.68. The van der Waals surface area contributed by atoms with E-state index in [2.05, 4.69) is 23.9 Å². The van der Waals surface area contributed by atoms with Crippen LogP contribution in [0, 0.1) is 0 Å². The minimum Gasteiger partial charge on any atom is -0.357 e. The predicted octanol–water partition coefficient (Wildman–Crippen LogP) is 0.421. The topological polar surface area (TPSA) is 30.8 Å². The number of nitrogens with zero attached hydrogens (tertiary/aromatic N) is 1. The molecule has 4 unspecified atom stereocenters. The Hall–Kier alpha value is 0.450. The summed E-state index contributed by atoms with van der Waals surface area (Å²) in [5.41, 5.74) is 0. The Morgan fingerprint density at radius 3 is 2.67 bits per heavy atom. The van der Waals surface area contributed by atoms with E-state index in [0.717, 1.165) is 0 Å². The Morgan fingerprint density at radius 2 is 2.22 bits per heavy atom. The summed E-state index contributed by atoms with van der Waals surface area (Å²) in [4.78, 5) is 3.99. The summed E-state index contributed by atoms with van der Waals surface area (Å²) in [7, 11) is 4.40. The van der Waals surface area contributed by atoms with Gasteiger partial charge in [-0.15, -0.1) is 0 Å². The van der Waals surface area contributed by atoms with Crippen molar-refractivity contribution in [3.05, 3.63) is 0 Å². The van der Waals surface area contributed by atoms with Crippen LogP contribution in [-0.4, -0.2) is 25.0 Å². The molecular formula is C4H9NO2P2. The normalized spacial score (nSPS) is 33.6. The molecule has 1 rings (SSSR count). The van der Waals surface area contributed by atoms with Crippen molar-refractivity contribution in [2.24, 2.45) is 4.99 Å². The Kier molecular flexibility index (Phi) is 3.00. The molecule has 3 nitrogen and oxygen atoms in total. The predicted molar refractivity (Wildman–Crippen MR) is 42.5 cm³/mol. The van der Waals surface area contributed by atoms with Gasteiger partial charge in [0.05, 0.1) is 6.54 Å². The van der Waals surface area contributed by atoms with Crippen molar-refractivity contribution in [2.45, 2.75) is 12.2 Å². The molecule has 0 radical (unpaired) electrons. The van der Waals surface area contributed by atoms with E-state index in [4.69, 9.17) is 9.05 Å². The van der Waals surface area contributed by atoms with Crippen LogP contribution >= 0.6 is 18.9 Å². The molecule has 0 saturated carbocycles. The lowest BCUT2D eigenvalue weighted by atomic mass is 10.3. The van der Waals surface area contributed by atoms with Crippen LogP contribution in [-0.2, 0) is 9.05 Å². The van der Waals surface area contributed by atoms with Gasteiger partial charge in [-0.25, -0.2) is 0 Å². The lowest BCUT2D eigenvalue weighted by molar-refractivity contribution is 0.148. The molecule has 0 aromatic rings. The zero-order valence-electron chi connectivity index (χ0n) is 4.86. The highest BCUT2D eigenvalue weighted by molar-refractivity contribution is 7.10. The molecule has 5 heteroatoms. The maximum Gasteiger partial charge on any atom is 0.124 e. The van der Waals surface area contributed by atoms with Crippen molar-refractivity contribution in [2.75, 3.05) is 6.54 Å². The van der Waals surface area contributed by atoms with Crippen molar-refractivity contribution in [1.29, 1.82) is 0 Å². The molecule has 0 bridgehead atoms. The van der Waals surface area contributed by atoms with Crippen molar-refractivity contribution >= 4 is 25.1 Å². The van der Waals surface area contributed by atoms with Gasteiger partial charge in [-0.2, -0.15) is 0 Å². The first-order valence-corrected chi connectivity index (χ1v) is 3.53.